The van der Waals surface area contributed by atoms with E-state index in [1.54, 1.807) is 11.3 Å². The average Bonchev–Trinajstić information content (AvgIpc) is 2.91. The van der Waals surface area contributed by atoms with Crippen LogP contribution in [0.4, 0.5) is 5.13 Å². The molecule has 21 heavy (non-hydrogen) atoms. The number of aryl methyl sites for hydroxylation is 1. The van der Waals surface area contributed by atoms with Crippen LogP contribution in [0.2, 0.25) is 5.02 Å². The lowest BCUT2D eigenvalue weighted by atomic mass is 9.99. The molecule has 0 bridgehead atoms. The number of aromatic nitrogens is 1. The van der Waals surface area contributed by atoms with Crippen LogP contribution in [0.5, 0.6) is 0 Å². The zero-order chi connectivity index (χ0) is 15.0. The lowest BCUT2D eigenvalue weighted by Gasteiger charge is -2.24. The Bertz CT molecular complexity index is 640. The summed E-state index contributed by atoms with van der Waals surface area (Å²) in [5.41, 5.74) is 8.47. The summed E-state index contributed by atoms with van der Waals surface area (Å²) in [6.07, 6.45) is 3.33. The first-order valence-corrected chi connectivity index (χ1v) is 8.49. The number of anilines is 1. The molecule has 2 aromatic rings. The van der Waals surface area contributed by atoms with Gasteiger partial charge in [0.2, 0.25) is 0 Å². The summed E-state index contributed by atoms with van der Waals surface area (Å²) < 4.78 is 0. The molecule has 0 amide bonds. The van der Waals surface area contributed by atoms with Gasteiger partial charge in [0.25, 0.3) is 0 Å². The normalized spacial score (nSPS) is 19.1. The summed E-state index contributed by atoms with van der Waals surface area (Å²) in [5.74, 6) is 0. The number of nitrogens with two attached hydrogens (primary N) is 1. The van der Waals surface area contributed by atoms with E-state index in [0.29, 0.717) is 0 Å². The molecule has 0 spiro atoms. The molecule has 1 heterocycles. The number of hydrogen-bond acceptors (Lipinski definition) is 4. The SMILES string of the molecule is CC(c1cccc(Cl)c1)N(C)c1nc2c(s1)CCCC2N. The van der Waals surface area contributed by atoms with Gasteiger partial charge in [-0.05, 0) is 43.9 Å². The van der Waals surface area contributed by atoms with Crippen molar-refractivity contribution in [3.05, 3.63) is 45.4 Å². The molecule has 5 heteroatoms. The second-order valence-electron chi connectivity index (χ2n) is 5.65. The van der Waals surface area contributed by atoms with E-state index >= 15 is 0 Å². The second-order valence-corrected chi connectivity index (χ2v) is 7.14. The lowest BCUT2D eigenvalue weighted by molar-refractivity contribution is 0.563. The summed E-state index contributed by atoms with van der Waals surface area (Å²) in [4.78, 5) is 8.35. The predicted molar refractivity (Wildman–Crippen MR) is 90.3 cm³/mol. The maximum absolute atomic E-state index is 6.18. The Morgan fingerprint density at radius 2 is 2.29 bits per heavy atom. The Morgan fingerprint density at radius 3 is 3.00 bits per heavy atom. The van der Waals surface area contributed by atoms with Gasteiger partial charge in [0.15, 0.2) is 5.13 Å². The molecule has 112 valence electrons. The van der Waals surface area contributed by atoms with E-state index in [9.17, 15) is 0 Å². The van der Waals surface area contributed by atoms with Crippen molar-refractivity contribution in [2.45, 2.75) is 38.3 Å². The zero-order valence-corrected chi connectivity index (χ0v) is 13.9. The molecule has 2 atom stereocenters. The number of hydrogen-bond donors (Lipinski definition) is 1. The molecular weight excluding hydrogens is 302 g/mol. The minimum Gasteiger partial charge on any atom is -0.344 e. The molecule has 0 radical (unpaired) electrons. The quantitative estimate of drug-likeness (QED) is 0.915. The maximum Gasteiger partial charge on any atom is 0.186 e. The fraction of sp³-hybridized carbons (Fsp3) is 0.438. The fourth-order valence-corrected chi connectivity index (χ4v) is 4.16. The van der Waals surface area contributed by atoms with Gasteiger partial charge in [-0.15, -0.1) is 11.3 Å². The topological polar surface area (TPSA) is 42.2 Å². The Balaban J connectivity index is 1.86. The molecule has 3 nitrogen and oxygen atoms in total. The Hall–Kier alpha value is -1.10. The summed E-state index contributed by atoms with van der Waals surface area (Å²) >= 11 is 7.87. The van der Waals surface area contributed by atoms with E-state index in [-0.39, 0.29) is 12.1 Å². The van der Waals surface area contributed by atoms with Gasteiger partial charge in [-0.2, -0.15) is 0 Å². The standard InChI is InChI=1S/C16H20ClN3S/c1-10(11-5-3-6-12(17)9-11)20(2)16-19-15-13(18)7-4-8-14(15)21-16/h3,5-6,9-10,13H,4,7-8,18H2,1-2H3. The Labute approximate surface area is 134 Å². The third-order valence-electron chi connectivity index (χ3n) is 4.20. The summed E-state index contributed by atoms with van der Waals surface area (Å²) in [7, 11) is 2.08. The van der Waals surface area contributed by atoms with E-state index in [1.165, 1.54) is 16.9 Å². The molecule has 2 N–H and O–H groups in total. The first-order chi connectivity index (χ1) is 10.1. The zero-order valence-electron chi connectivity index (χ0n) is 12.3. The van der Waals surface area contributed by atoms with Gasteiger partial charge >= 0.3 is 0 Å². The highest BCUT2D eigenvalue weighted by molar-refractivity contribution is 7.15. The van der Waals surface area contributed by atoms with Gasteiger partial charge in [-0.1, -0.05) is 23.7 Å². The van der Waals surface area contributed by atoms with E-state index < -0.39 is 0 Å². The van der Waals surface area contributed by atoms with E-state index in [1.807, 2.05) is 18.2 Å². The predicted octanol–water partition coefficient (Wildman–Crippen LogP) is 4.33. The van der Waals surface area contributed by atoms with Crippen molar-refractivity contribution in [1.29, 1.82) is 0 Å². The number of fused-ring (bicyclic) bond motifs is 1. The minimum atomic E-state index is 0.105. The third kappa shape index (κ3) is 2.93. The highest BCUT2D eigenvalue weighted by Gasteiger charge is 2.24. The second kappa shape index (κ2) is 5.95. The number of nitrogens with zero attached hydrogens (tertiary/aromatic N) is 2. The number of halogens is 1. The summed E-state index contributed by atoms with van der Waals surface area (Å²) in [6.45, 7) is 2.17. The van der Waals surface area contributed by atoms with Gasteiger partial charge in [0, 0.05) is 23.0 Å². The van der Waals surface area contributed by atoms with Gasteiger partial charge < -0.3 is 10.6 Å². The van der Waals surface area contributed by atoms with Crippen molar-refractivity contribution >= 4 is 28.1 Å². The highest BCUT2D eigenvalue weighted by Crippen LogP contribution is 2.37. The van der Waals surface area contributed by atoms with Crippen LogP contribution in [0.25, 0.3) is 0 Å². The van der Waals surface area contributed by atoms with Crippen LogP contribution >= 0.6 is 22.9 Å². The van der Waals surface area contributed by atoms with E-state index in [4.69, 9.17) is 22.3 Å². The van der Waals surface area contributed by atoms with Crippen molar-refractivity contribution in [2.24, 2.45) is 5.73 Å². The summed E-state index contributed by atoms with van der Waals surface area (Å²) in [6, 6.07) is 8.35. The number of thiazole rings is 1. The molecule has 1 aliphatic carbocycles. The Kier molecular flexibility index (Phi) is 4.20. The van der Waals surface area contributed by atoms with Crippen LogP contribution < -0.4 is 10.6 Å². The lowest BCUT2D eigenvalue weighted by Crippen LogP contribution is -2.22. The molecule has 2 unspecified atom stereocenters. The van der Waals surface area contributed by atoms with Crippen LogP contribution in [-0.2, 0) is 6.42 Å². The van der Waals surface area contributed by atoms with Crippen molar-refractivity contribution in [1.82, 2.24) is 4.98 Å². The van der Waals surface area contributed by atoms with Crippen molar-refractivity contribution in [3.63, 3.8) is 0 Å². The van der Waals surface area contributed by atoms with E-state index in [0.717, 1.165) is 28.7 Å². The molecule has 0 saturated carbocycles. The largest absolute Gasteiger partial charge is 0.344 e. The van der Waals surface area contributed by atoms with E-state index in [2.05, 4.69) is 24.9 Å². The van der Waals surface area contributed by atoms with Crippen molar-refractivity contribution < 1.29 is 0 Å². The first kappa shape index (κ1) is 14.8. The smallest absolute Gasteiger partial charge is 0.186 e. The summed E-state index contributed by atoms with van der Waals surface area (Å²) in [5, 5.41) is 1.82. The molecule has 0 saturated heterocycles. The van der Waals surface area contributed by atoms with Gasteiger partial charge in [-0.3, -0.25) is 0 Å². The van der Waals surface area contributed by atoms with Crippen LogP contribution in [0, 0.1) is 0 Å². The van der Waals surface area contributed by atoms with Crippen LogP contribution in [0.15, 0.2) is 24.3 Å². The molecule has 1 aromatic carbocycles. The first-order valence-electron chi connectivity index (χ1n) is 7.29. The van der Waals surface area contributed by atoms with Gasteiger partial charge in [0.05, 0.1) is 11.7 Å². The minimum absolute atomic E-state index is 0.105. The monoisotopic (exact) mass is 321 g/mol. The molecule has 3 rings (SSSR count). The maximum atomic E-state index is 6.18. The van der Waals surface area contributed by atoms with Gasteiger partial charge in [0.1, 0.15) is 0 Å². The fourth-order valence-electron chi connectivity index (χ4n) is 2.75. The van der Waals surface area contributed by atoms with Gasteiger partial charge in [-0.25, -0.2) is 4.98 Å². The van der Waals surface area contributed by atoms with Crippen molar-refractivity contribution in [2.75, 3.05) is 11.9 Å². The van der Waals surface area contributed by atoms with Crippen LogP contribution in [0.1, 0.15) is 48.0 Å². The highest BCUT2D eigenvalue weighted by atomic mass is 35.5. The molecule has 1 aliphatic rings. The van der Waals surface area contributed by atoms with Crippen LogP contribution in [0.3, 0.4) is 0 Å². The molecule has 0 fully saturated rings. The molecule has 1 aromatic heterocycles. The van der Waals surface area contributed by atoms with Crippen LogP contribution in [-0.4, -0.2) is 12.0 Å². The average molecular weight is 322 g/mol. The number of benzene rings is 1. The molecule has 0 aliphatic heterocycles. The van der Waals surface area contributed by atoms with Crippen molar-refractivity contribution in [3.8, 4) is 0 Å². The Morgan fingerprint density at radius 1 is 1.48 bits per heavy atom. The molecular formula is C16H20ClN3S. The third-order valence-corrected chi connectivity index (χ3v) is 5.66. The number of rotatable bonds is 3.